The van der Waals surface area contributed by atoms with E-state index in [-0.39, 0.29) is 12.2 Å². The molecule has 1 fully saturated rings. The molecule has 3 rings (SSSR count). The Morgan fingerprint density at radius 3 is 2.48 bits per heavy atom. The van der Waals surface area contributed by atoms with E-state index in [1.54, 1.807) is 0 Å². The fourth-order valence-corrected chi connectivity index (χ4v) is 3.08. The molecule has 2 aromatic carbocycles. The van der Waals surface area contributed by atoms with Gasteiger partial charge in [-0.1, -0.05) is 85.0 Å². The Morgan fingerprint density at radius 2 is 1.72 bits per heavy atom. The highest BCUT2D eigenvalue weighted by atomic mass is 16.5. The van der Waals surface area contributed by atoms with E-state index >= 15 is 0 Å². The molecule has 1 aliphatic rings. The second kappa shape index (κ2) is 9.36. The molecule has 25 heavy (non-hydrogen) atoms. The van der Waals surface area contributed by atoms with Gasteiger partial charge in [0.15, 0.2) is 0 Å². The molecule has 2 nitrogen and oxygen atoms in total. The van der Waals surface area contributed by atoms with Crippen molar-refractivity contribution in [2.45, 2.75) is 38.1 Å². The van der Waals surface area contributed by atoms with E-state index in [2.05, 4.69) is 43.0 Å². The first kappa shape index (κ1) is 17.7. The summed E-state index contributed by atoms with van der Waals surface area (Å²) in [5.41, 5.74) is 3.67. The lowest BCUT2D eigenvalue weighted by molar-refractivity contribution is -0.0261. The SMILES string of the molecule is C=C1C[C@H](CCOCc2ccccc2)O[C@H](/C=C/c2ccccc2)C1. The summed E-state index contributed by atoms with van der Waals surface area (Å²) in [6.45, 7) is 5.56. The van der Waals surface area contributed by atoms with E-state index < -0.39 is 0 Å². The summed E-state index contributed by atoms with van der Waals surface area (Å²) in [5, 5.41) is 0. The molecule has 0 N–H and O–H groups in total. The third-order valence-electron chi connectivity index (χ3n) is 4.37. The van der Waals surface area contributed by atoms with E-state index in [1.807, 2.05) is 36.4 Å². The molecule has 0 spiro atoms. The average molecular weight is 334 g/mol. The summed E-state index contributed by atoms with van der Waals surface area (Å²) >= 11 is 0. The number of rotatable bonds is 7. The molecule has 1 heterocycles. The first-order valence-electron chi connectivity index (χ1n) is 8.96. The maximum atomic E-state index is 6.20. The van der Waals surface area contributed by atoms with Crippen LogP contribution >= 0.6 is 0 Å². The molecule has 130 valence electrons. The Labute approximate surface area is 150 Å². The van der Waals surface area contributed by atoms with Crippen LogP contribution < -0.4 is 0 Å². The Balaban J connectivity index is 1.44. The van der Waals surface area contributed by atoms with Crippen molar-refractivity contribution in [2.24, 2.45) is 0 Å². The Hall–Kier alpha value is -2.16. The van der Waals surface area contributed by atoms with Gasteiger partial charge in [-0.15, -0.1) is 0 Å². The van der Waals surface area contributed by atoms with Crippen molar-refractivity contribution < 1.29 is 9.47 Å². The second-order valence-electron chi connectivity index (χ2n) is 6.55. The Kier molecular flexibility index (Phi) is 6.61. The Morgan fingerprint density at radius 1 is 1.00 bits per heavy atom. The van der Waals surface area contributed by atoms with Crippen molar-refractivity contribution in [2.75, 3.05) is 6.61 Å². The van der Waals surface area contributed by atoms with Crippen molar-refractivity contribution in [1.29, 1.82) is 0 Å². The zero-order valence-electron chi connectivity index (χ0n) is 14.6. The highest BCUT2D eigenvalue weighted by Gasteiger charge is 2.22. The van der Waals surface area contributed by atoms with E-state index in [4.69, 9.17) is 9.47 Å². The molecule has 0 saturated carbocycles. The zero-order valence-corrected chi connectivity index (χ0v) is 14.6. The summed E-state index contributed by atoms with van der Waals surface area (Å²) in [5.74, 6) is 0. The molecule has 1 aliphatic heterocycles. The van der Waals surface area contributed by atoms with Crippen molar-refractivity contribution in [1.82, 2.24) is 0 Å². The van der Waals surface area contributed by atoms with Crippen LogP contribution in [-0.4, -0.2) is 18.8 Å². The summed E-state index contributed by atoms with van der Waals surface area (Å²) < 4.78 is 12.0. The molecule has 2 aromatic rings. The average Bonchev–Trinajstić information content (AvgIpc) is 2.65. The van der Waals surface area contributed by atoms with Gasteiger partial charge in [-0.2, -0.15) is 0 Å². The smallest absolute Gasteiger partial charge is 0.0799 e. The lowest BCUT2D eigenvalue weighted by Gasteiger charge is -2.30. The first-order valence-corrected chi connectivity index (χ1v) is 8.96. The second-order valence-corrected chi connectivity index (χ2v) is 6.55. The molecule has 1 saturated heterocycles. The fourth-order valence-electron chi connectivity index (χ4n) is 3.08. The Bertz CT molecular complexity index is 676. The molecular formula is C23H26O2. The zero-order chi connectivity index (χ0) is 17.3. The fraction of sp³-hybridized carbons (Fsp3) is 0.304. The molecule has 2 heteroatoms. The van der Waals surface area contributed by atoms with Crippen LogP contribution in [0.25, 0.3) is 6.08 Å². The van der Waals surface area contributed by atoms with Gasteiger partial charge in [0, 0.05) is 6.61 Å². The normalized spacial score (nSPS) is 20.9. The number of hydrogen-bond acceptors (Lipinski definition) is 2. The number of hydrogen-bond donors (Lipinski definition) is 0. The maximum absolute atomic E-state index is 6.20. The minimum Gasteiger partial charge on any atom is -0.377 e. The molecule has 0 amide bonds. The topological polar surface area (TPSA) is 18.5 Å². The summed E-state index contributed by atoms with van der Waals surface area (Å²) in [6, 6.07) is 20.6. The quantitative estimate of drug-likeness (QED) is 0.498. The summed E-state index contributed by atoms with van der Waals surface area (Å²) in [7, 11) is 0. The molecule has 2 atom stereocenters. The van der Waals surface area contributed by atoms with Gasteiger partial charge in [-0.25, -0.2) is 0 Å². The van der Waals surface area contributed by atoms with Gasteiger partial charge < -0.3 is 9.47 Å². The van der Waals surface area contributed by atoms with E-state index in [0.29, 0.717) is 13.2 Å². The van der Waals surface area contributed by atoms with Crippen molar-refractivity contribution in [3.8, 4) is 0 Å². The molecule has 0 aliphatic carbocycles. The third kappa shape index (κ3) is 6.00. The minimum atomic E-state index is 0.112. The van der Waals surface area contributed by atoms with E-state index in [0.717, 1.165) is 19.3 Å². The molecule has 0 aromatic heterocycles. The number of benzene rings is 2. The van der Waals surface area contributed by atoms with E-state index in [1.165, 1.54) is 16.7 Å². The van der Waals surface area contributed by atoms with Crippen molar-refractivity contribution in [3.05, 3.63) is 90.0 Å². The van der Waals surface area contributed by atoms with Gasteiger partial charge >= 0.3 is 0 Å². The first-order chi connectivity index (χ1) is 12.3. The van der Waals surface area contributed by atoms with Crippen molar-refractivity contribution in [3.63, 3.8) is 0 Å². The lowest BCUT2D eigenvalue weighted by Crippen LogP contribution is -2.28. The van der Waals surface area contributed by atoms with Crippen LogP contribution in [0, 0.1) is 0 Å². The van der Waals surface area contributed by atoms with Gasteiger partial charge in [-0.3, -0.25) is 0 Å². The van der Waals surface area contributed by atoms with Gasteiger partial charge in [0.05, 0.1) is 18.8 Å². The van der Waals surface area contributed by atoms with Gasteiger partial charge in [0.2, 0.25) is 0 Å². The molecular weight excluding hydrogens is 308 g/mol. The highest BCUT2D eigenvalue weighted by Crippen LogP contribution is 2.26. The molecule has 0 unspecified atom stereocenters. The standard InChI is InChI=1S/C23H26O2/c1-19-16-22(13-12-20-8-4-2-5-9-20)25-23(17-19)14-15-24-18-21-10-6-3-7-11-21/h2-13,22-23H,1,14-18H2/b13-12+/t22-,23+/m1/s1. The van der Waals surface area contributed by atoms with Crippen LogP contribution in [0.4, 0.5) is 0 Å². The summed E-state index contributed by atoms with van der Waals surface area (Å²) in [6.07, 6.45) is 7.34. The van der Waals surface area contributed by atoms with Crippen LogP contribution in [0.3, 0.4) is 0 Å². The van der Waals surface area contributed by atoms with Crippen molar-refractivity contribution >= 4 is 6.08 Å². The monoisotopic (exact) mass is 334 g/mol. The van der Waals surface area contributed by atoms with Crippen LogP contribution in [0.1, 0.15) is 30.4 Å². The van der Waals surface area contributed by atoms with E-state index in [9.17, 15) is 0 Å². The summed E-state index contributed by atoms with van der Waals surface area (Å²) in [4.78, 5) is 0. The predicted octanol–water partition coefficient (Wildman–Crippen LogP) is 5.41. The van der Waals surface area contributed by atoms with Gasteiger partial charge in [0.1, 0.15) is 0 Å². The predicted molar refractivity (Wildman–Crippen MR) is 103 cm³/mol. The highest BCUT2D eigenvalue weighted by molar-refractivity contribution is 5.49. The molecule has 0 bridgehead atoms. The largest absolute Gasteiger partial charge is 0.377 e. The van der Waals surface area contributed by atoms with Crippen LogP contribution in [-0.2, 0) is 16.1 Å². The minimum absolute atomic E-state index is 0.112. The number of ether oxygens (including phenoxy) is 2. The third-order valence-corrected chi connectivity index (χ3v) is 4.37. The van der Waals surface area contributed by atoms with Gasteiger partial charge in [-0.05, 0) is 30.4 Å². The van der Waals surface area contributed by atoms with Crippen LogP contribution in [0.2, 0.25) is 0 Å². The van der Waals surface area contributed by atoms with Gasteiger partial charge in [0.25, 0.3) is 0 Å². The lowest BCUT2D eigenvalue weighted by atomic mass is 9.97. The maximum Gasteiger partial charge on any atom is 0.0799 e. The van der Waals surface area contributed by atoms with Crippen LogP contribution in [0.15, 0.2) is 78.9 Å². The van der Waals surface area contributed by atoms with Crippen LogP contribution in [0.5, 0.6) is 0 Å². The molecule has 0 radical (unpaired) electrons.